The summed E-state index contributed by atoms with van der Waals surface area (Å²) in [6.07, 6.45) is 0.0198. The van der Waals surface area contributed by atoms with E-state index in [0.717, 1.165) is 11.1 Å². The number of aryl methyl sites for hydroxylation is 1. The fraction of sp³-hybridized carbons (Fsp3) is 0.263. The minimum Gasteiger partial charge on any atom is -0.491 e. The van der Waals surface area contributed by atoms with Gasteiger partial charge in [-0.25, -0.2) is 0 Å². The van der Waals surface area contributed by atoms with Gasteiger partial charge in [0.1, 0.15) is 5.75 Å². The summed E-state index contributed by atoms with van der Waals surface area (Å²) < 4.78 is 5.69. The zero-order valence-electron chi connectivity index (χ0n) is 14.4. The molecule has 132 valence electrons. The van der Waals surface area contributed by atoms with Crippen molar-refractivity contribution in [2.75, 3.05) is 5.32 Å². The van der Waals surface area contributed by atoms with E-state index in [1.165, 1.54) is 0 Å². The number of rotatable bonds is 5. The Morgan fingerprint density at radius 2 is 1.84 bits per heavy atom. The molecule has 0 radical (unpaired) electrons. The molecule has 2 aromatic carbocycles. The van der Waals surface area contributed by atoms with E-state index >= 15 is 0 Å². The van der Waals surface area contributed by atoms with Gasteiger partial charge in [-0.15, -0.1) is 0 Å². The average molecular weight is 361 g/mol. The third-order valence-electron chi connectivity index (χ3n) is 3.41. The lowest BCUT2D eigenvalue weighted by molar-refractivity contribution is -0.136. The largest absolute Gasteiger partial charge is 0.491 e. The van der Waals surface area contributed by atoms with Crippen LogP contribution in [0.1, 0.15) is 25.0 Å². The molecular formula is C19H21ClN2O3. The van der Waals surface area contributed by atoms with Crippen molar-refractivity contribution in [1.82, 2.24) is 5.32 Å². The van der Waals surface area contributed by atoms with Crippen molar-refractivity contribution in [3.05, 3.63) is 58.6 Å². The molecule has 0 aliphatic rings. The van der Waals surface area contributed by atoms with Gasteiger partial charge in [-0.1, -0.05) is 35.9 Å². The molecule has 2 amide bonds. The highest BCUT2D eigenvalue weighted by atomic mass is 35.5. The quantitative estimate of drug-likeness (QED) is 0.799. The maximum atomic E-state index is 12.0. The number of para-hydroxylation sites is 1. The second kappa shape index (κ2) is 8.53. The number of halogens is 1. The number of hydrogen-bond acceptors (Lipinski definition) is 3. The Hall–Kier alpha value is -2.53. The highest BCUT2D eigenvalue weighted by molar-refractivity contribution is 6.39. The van der Waals surface area contributed by atoms with E-state index in [1.54, 1.807) is 18.2 Å². The Bertz CT molecular complexity index is 775. The lowest BCUT2D eigenvalue weighted by atomic mass is 10.2. The summed E-state index contributed by atoms with van der Waals surface area (Å²) in [6, 6.07) is 12.5. The van der Waals surface area contributed by atoms with Gasteiger partial charge in [-0.2, -0.15) is 0 Å². The first kappa shape index (κ1) is 18.8. The Morgan fingerprint density at radius 1 is 1.12 bits per heavy atom. The van der Waals surface area contributed by atoms with Crippen LogP contribution in [0.25, 0.3) is 0 Å². The lowest BCUT2D eigenvalue weighted by Crippen LogP contribution is -2.35. The third-order valence-corrected chi connectivity index (χ3v) is 3.82. The molecule has 0 fully saturated rings. The number of carbonyl (C=O) groups is 2. The fourth-order valence-electron chi connectivity index (χ4n) is 2.13. The Morgan fingerprint density at radius 3 is 2.52 bits per heavy atom. The Labute approximate surface area is 152 Å². The highest BCUT2D eigenvalue weighted by Crippen LogP contribution is 2.20. The van der Waals surface area contributed by atoms with Gasteiger partial charge in [0, 0.05) is 22.8 Å². The van der Waals surface area contributed by atoms with Crippen molar-refractivity contribution in [1.29, 1.82) is 0 Å². The molecule has 0 saturated heterocycles. The molecule has 0 saturated carbocycles. The van der Waals surface area contributed by atoms with Crippen LogP contribution >= 0.6 is 11.6 Å². The molecule has 25 heavy (non-hydrogen) atoms. The van der Waals surface area contributed by atoms with Crippen LogP contribution in [0.3, 0.4) is 0 Å². The SMILES string of the molecule is Cc1ccc(NC(=O)C(=O)NCc2ccccc2OC(C)C)cc1Cl. The second-order valence-electron chi connectivity index (χ2n) is 5.88. The van der Waals surface area contributed by atoms with Crippen LogP contribution < -0.4 is 15.4 Å². The zero-order valence-corrected chi connectivity index (χ0v) is 15.2. The first-order valence-corrected chi connectivity index (χ1v) is 8.34. The first-order chi connectivity index (χ1) is 11.9. The number of amides is 2. The number of benzene rings is 2. The molecule has 6 heteroatoms. The number of ether oxygens (including phenoxy) is 1. The summed E-state index contributed by atoms with van der Waals surface area (Å²) >= 11 is 6.01. The molecule has 0 aromatic heterocycles. The van der Waals surface area contributed by atoms with Gasteiger partial charge in [0.15, 0.2) is 0 Å². The molecular weight excluding hydrogens is 340 g/mol. The molecule has 0 spiro atoms. The van der Waals surface area contributed by atoms with E-state index < -0.39 is 11.8 Å². The van der Waals surface area contributed by atoms with Crippen molar-refractivity contribution in [3.63, 3.8) is 0 Å². The van der Waals surface area contributed by atoms with Gasteiger partial charge in [-0.05, 0) is 44.5 Å². The van der Waals surface area contributed by atoms with Crippen LogP contribution in [0.15, 0.2) is 42.5 Å². The molecule has 2 N–H and O–H groups in total. The van der Waals surface area contributed by atoms with Gasteiger partial charge >= 0.3 is 11.8 Å². The van der Waals surface area contributed by atoms with Gasteiger partial charge in [-0.3, -0.25) is 9.59 Å². The van der Waals surface area contributed by atoms with Gasteiger partial charge in [0.05, 0.1) is 6.10 Å². The predicted octanol–water partition coefficient (Wildman–Crippen LogP) is 3.69. The average Bonchev–Trinajstić information content (AvgIpc) is 2.56. The minimum atomic E-state index is -0.748. The van der Waals surface area contributed by atoms with Crippen molar-refractivity contribution in [3.8, 4) is 5.75 Å². The van der Waals surface area contributed by atoms with Gasteiger partial charge in [0.2, 0.25) is 0 Å². The summed E-state index contributed by atoms with van der Waals surface area (Å²) in [5.74, 6) is -0.790. The smallest absolute Gasteiger partial charge is 0.313 e. The van der Waals surface area contributed by atoms with E-state index in [9.17, 15) is 9.59 Å². The van der Waals surface area contributed by atoms with E-state index in [-0.39, 0.29) is 12.6 Å². The van der Waals surface area contributed by atoms with E-state index in [1.807, 2.05) is 45.0 Å². The van der Waals surface area contributed by atoms with Gasteiger partial charge < -0.3 is 15.4 Å². The highest BCUT2D eigenvalue weighted by Gasteiger charge is 2.15. The van der Waals surface area contributed by atoms with Crippen molar-refractivity contribution >= 4 is 29.1 Å². The van der Waals surface area contributed by atoms with E-state index in [4.69, 9.17) is 16.3 Å². The number of nitrogens with one attached hydrogen (secondary N) is 2. The van der Waals surface area contributed by atoms with Crippen molar-refractivity contribution in [2.24, 2.45) is 0 Å². The Balaban J connectivity index is 1.96. The zero-order chi connectivity index (χ0) is 18.4. The van der Waals surface area contributed by atoms with Crippen molar-refractivity contribution in [2.45, 2.75) is 33.4 Å². The summed E-state index contributed by atoms with van der Waals surface area (Å²) in [5.41, 5.74) is 2.17. The molecule has 0 atom stereocenters. The molecule has 0 unspecified atom stereocenters. The Kier molecular flexibility index (Phi) is 6.42. The maximum Gasteiger partial charge on any atom is 0.313 e. The van der Waals surface area contributed by atoms with Crippen LogP contribution in [0, 0.1) is 6.92 Å². The topological polar surface area (TPSA) is 67.4 Å². The molecule has 2 rings (SSSR count). The molecule has 2 aromatic rings. The number of hydrogen-bond donors (Lipinski definition) is 2. The van der Waals surface area contributed by atoms with E-state index in [2.05, 4.69) is 10.6 Å². The molecule has 0 bridgehead atoms. The fourth-order valence-corrected chi connectivity index (χ4v) is 2.31. The van der Waals surface area contributed by atoms with Gasteiger partial charge in [0.25, 0.3) is 0 Å². The van der Waals surface area contributed by atoms with Crippen LogP contribution in [0.2, 0.25) is 5.02 Å². The maximum absolute atomic E-state index is 12.0. The third kappa shape index (κ3) is 5.50. The predicted molar refractivity (Wildman–Crippen MR) is 98.9 cm³/mol. The minimum absolute atomic E-state index is 0.0198. The number of carbonyl (C=O) groups excluding carboxylic acids is 2. The normalized spacial score (nSPS) is 10.4. The molecule has 5 nitrogen and oxygen atoms in total. The first-order valence-electron chi connectivity index (χ1n) is 7.96. The standard InChI is InChI=1S/C19H21ClN2O3/c1-12(2)25-17-7-5-4-6-14(17)11-21-18(23)19(24)22-15-9-8-13(3)16(20)10-15/h4-10,12H,11H2,1-3H3,(H,21,23)(H,22,24). The van der Waals surface area contributed by atoms with Crippen molar-refractivity contribution < 1.29 is 14.3 Å². The lowest BCUT2D eigenvalue weighted by Gasteiger charge is -2.14. The summed E-state index contributed by atoms with van der Waals surface area (Å²) in [4.78, 5) is 24.0. The van der Waals surface area contributed by atoms with Crippen LogP contribution in [-0.2, 0) is 16.1 Å². The summed E-state index contributed by atoms with van der Waals surface area (Å²) in [7, 11) is 0. The van der Waals surface area contributed by atoms with Crippen LogP contribution in [0.5, 0.6) is 5.75 Å². The van der Waals surface area contributed by atoms with E-state index in [0.29, 0.717) is 16.5 Å². The van der Waals surface area contributed by atoms with Crippen LogP contribution in [0.4, 0.5) is 5.69 Å². The summed E-state index contributed by atoms with van der Waals surface area (Å²) in [5, 5.41) is 5.65. The molecule has 0 aliphatic carbocycles. The second-order valence-corrected chi connectivity index (χ2v) is 6.28. The number of anilines is 1. The molecule has 0 aliphatic heterocycles. The summed E-state index contributed by atoms with van der Waals surface area (Å²) in [6.45, 7) is 5.91. The van der Waals surface area contributed by atoms with Crippen LogP contribution in [-0.4, -0.2) is 17.9 Å². The monoisotopic (exact) mass is 360 g/mol. The molecule has 0 heterocycles.